The number of benzene rings is 1. The van der Waals surface area contributed by atoms with Crippen molar-refractivity contribution in [2.24, 2.45) is 0 Å². The van der Waals surface area contributed by atoms with Gasteiger partial charge in [-0.15, -0.1) is 0 Å². The fraction of sp³-hybridized carbons (Fsp3) is 0.476. The van der Waals surface area contributed by atoms with Gasteiger partial charge < -0.3 is 19.1 Å². The number of fused-ring (bicyclic) bond motifs is 1. The molecule has 0 spiro atoms. The lowest BCUT2D eigenvalue weighted by molar-refractivity contribution is -0.117. The van der Waals surface area contributed by atoms with Crippen molar-refractivity contribution in [2.45, 2.75) is 53.1 Å². The Morgan fingerprint density at radius 2 is 2.07 bits per heavy atom. The Labute approximate surface area is 165 Å². The summed E-state index contributed by atoms with van der Waals surface area (Å²) in [5.41, 5.74) is 4.44. The number of anilines is 1. The molecule has 0 aliphatic carbocycles. The van der Waals surface area contributed by atoms with Gasteiger partial charge in [0, 0.05) is 31.3 Å². The van der Waals surface area contributed by atoms with Crippen LogP contribution in [0.4, 0.5) is 10.5 Å². The molecule has 0 N–H and O–H groups in total. The maximum absolute atomic E-state index is 12.4. The molecule has 1 aromatic heterocycles. The Hall–Kier alpha value is -2.83. The van der Waals surface area contributed by atoms with Crippen molar-refractivity contribution in [3.63, 3.8) is 0 Å². The summed E-state index contributed by atoms with van der Waals surface area (Å²) in [4.78, 5) is 28.1. The predicted octanol–water partition coefficient (Wildman–Crippen LogP) is 4.23. The molecule has 0 bridgehead atoms. The van der Waals surface area contributed by atoms with Crippen LogP contribution in [0.1, 0.15) is 50.3 Å². The Bertz CT molecular complexity index is 886. The summed E-state index contributed by atoms with van der Waals surface area (Å²) in [6.45, 7) is 9.45. The molecule has 1 aromatic carbocycles. The third-order valence-corrected chi connectivity index (χ3v) is 5.34. The largest absolute Gasteiger partial charge is 0.450 e. The molecule has 2 amide bonds. The summed E-state index contributed by atoms with van der Waals surface area (Å²) in [5.74, 6) is 0.719. The summed E-state index contributed by atoms with van der Waals surface area (Å²) in [6.07, 6.45) is 0.261. The van der Waals surface area contributed by atoms with Crippen molar-refractivity contribution in [2.75, 3.05) is 18.6 Å². The van der Waals surface area contributed by atoms with Crippen LogP contribution in [0.3, 0.4) is 0 Å². The molecule has 0 radical (unpaired) electrons. The molecule has 0 unspecified atom stereocenters. The number of nitrogens with zero attached hydrogens (tertiary/aromatic N) is 3. The first-order valence-electron chi connectivity index (χ1n) is 9.52. The van der Waals surface area contributed by atoms with Gasteiger partial charge in [0.15, 0.2) is 0 Å². The number of ether oxygens (including phenoxy) is 1. The van der Waals surface area contributed by atoms with Gasteiger partial charge in [0.1, 0.15) is 5.76 Å². The second-order valence-corrected chi connectivity index (χ2v) is 7.27. The van der Waals surface area contributed by atoms with E-state index in [-0.39, 0.29) is 24.1 Å². The molecular formula is C21H27N3O4. The van der Waals surface area contributed by atoms with E-state index < -0.39 is 0 Å². The highest BCUT2D eigenvalue weighted by Gasteiger charge is 2.36. The van der Waals surface area contributed by atoms with Gasteiger partial charge in [-0.3, -0.25) is 4.79 Å². The smallest absolute Gasteiger partial charge is 0.410 e. The molecule has 1 aliphatic heterocycles. The molecule has 28 heavy (non-hydrogen) atoms. The minimum atomic E-state index is -0.371. The van der Waals surface area contributed by atoms with E-state index in [0.717, 1.165) is 33.8 Å². The molecule has 0 fully saturated rings. The van der Waals surface area contributed by atoms with Gasteiger partial charge >= 0.3 is 6.09 Å². The van der Waals surface area contributed by atoms with Crippen LogP contribution in [0.15, 0.2) is 22.7 Å². The number of amides is 2. The number of carbonyl (C=O) groups excluding carboxylic acids is 2. The molecule has 150 valence electrons. The minimum absolute atomic E-state index is 0.0175. The lowest BCUT2D eigenvalue weighted by Crippen LogP contribution is -2.46. The number of rotatable bonds is 3. The van der Waals surface area contributed by atoms with Gasteiger partial charge in [-0.1, -0.05) is 11.2 Å². The minimum Gasteiger partial charge on any atom is -0.450 e. The highest BCUT2D eigenvalue weighted by molar-refractivity contribution is 5.94. The number of carbonyl (C=O) groups is 2. The summed E-state index contributed by atoms with van der Waals surface area (Å²) in [6, 6.07) is 5.72. The molecule has 1 aliphatic rings. The predicted molar refractivity (Wildman–Crippen MR) is 106 cm³/mol. The van der Waals surface area contributed by atoms with E-state index in [1.54, 1.807) is 30.7 Å². The summed E-state index contributed by atoms with van der Waals surface area (Å²) < 4.78 is 10.5. The van der Waals surface area contributed by atoms with Gasteiger partial charge in [-0.2, -0.15) is 0 Å². The lowest BCUT2D eigenvalue weighted by Gasteiger charge is -2.42. The van der Waals surface area contributed by atoms with E-state index >= 15 is 0 Å². The Morgan fingerprint density at radius 1 is 1.36 bits per heavy atom. The van der Waals surface area contributed by atoms with E-state index in [1.165, 1.54) is 0 Å². The van der Waals surface area contributed by atoms with Crippen LogP contribution in [0.25, 0.3) is 11.1 Å². The second-order valence-electron chi connectivity index (χ2n) is 7.27. The summed E-state index contributed by atoms with van der Waals surface area (Å²) in [5, 5.41) is 4.04. The summed E-state index contributed by atoms with van der Waals surface area (Å²) >= 11 is 0. The molecule has 2 atom stereocenters. The fourth-order valence-electron chi connectivity index (χ4n) is 4.08. The van der Waals surface area contributed by atoms with Crippen LogP contribution >= 0.6 is 0 Å². The first kappa shape index (κ1) is 19.9. The van der Waals surface area contributed by atoms with Crippen molar-refractivity contribution in [1.29, 1.82) is 0 Å². The van der Waals surface area contributed by atoms with Crippen LogP contribution < -0.4 is 4.90 Å². The number of aromatic nitrogens is 1. The lowest BCUT2D eigenvalue weighted by atomic mass is 9.88. The molecule has 0 saturated heterocycles. The zero-order valence-electron chi connectivity index (χ0n) is 17.3. The van der Waals surface area contributed by atoms with Crippen LogP contribution in [0.2, 0.25) is 0 Å². The third kappa shape index (κ3) is 3.37. The average Bonchev–Trinajstić information content (AvgIpc) is 2.98. The first-order chi connectivity index (χ1) is 13.3. The van der Waals surface area contributed by atoms with Crippen molar-refractivity contribution in [3.8, 4) is 11.1 Å². The van der Waals surface area contributed by atoms with E-state index in [0.29, 0.717) is 13.0 Å². The van der Waals surface area contributed by atoms with E-state index in [4.69, 9.17) is 9.26 Å². The van der Waals surface area contributed by atoms with E-state index in [2.05, 4.69) is 5.16 Å². The third-order valence-electron chi connectivity index (χ3n) is 5.34. The van der Waals surface area contributed by atoms with E-state index in [9.17, 15) is 9.59 Å². The highest BCUT2D eigenvalue weighted by atomic mass is 16.6. The number of aryl methyl sites for hydroxylation is 2. The second kappa shape index (κ2) is 7.66. The van der Waals surface area contributed by atoms with Crippen LogP contribution in [-0.4, -0.2) is 41.8 Å². The van der Waals surface area contributed by atoms with Crippen LogP contribution in [-0.2, 0) is 9.53 Å². The standard InChI is InChI=1S/C21H27N3O4/c1-7-27-21(26)23(6)19-10-12(2)24(15(5)25)18-9-8-16(11-17(18)19)20-13(3)22-28-14(20)4/h8-9,11-12,19H,7,10H2,1-6H3/t12-,19+/m1/s1. The van der Waals surface area contributed by atoms with Gasteiger partial charge in [-0.05, 0) is 57.4 Å². The SMILES string of the molecule is CCOC(=O)N(C)[C@H]1C[C@@H](C)N(C(C)=O)c2ccc(-c3c(C)noc3C)cc21. The zero-order chi connectivity index (χ0) is 20.6. The molecular weight excluding hydrogens is 358 g/mol. The molecule has 3 rings (SSSR count). The normalized spacial score (nSPS) is 18.6. The molecule has 2 heterocycles. The monoisotopic (exact) mass is 385 g/mol. The number of hydrogen-bond acceptors (Lipinski definition) is 5. The molecule has 7 nitrogen and oxygen atoms in total. The Kier molecular flexibility index (Phi) is 5.45. The van der Waals surface area contributed by atoms with Crippen molar-refractivity contribution >= 4 is 17.7 Å². The molecule has 2 aromatic rings. The highest BCUT2D eigenvalue weighted by Crippen LogP contribution is 2.42. The quantitative estimate of drug-likeness (QED) is 0.790. The Balaban J connectivity index is 2.14. The number of hydrogen-bond donors (Lipinski definition) is 0. The first-order valence-corrected chi connectivity index (χ1v) is 9.52. The van der Waals surface area contributed by atoms with Crippen LogP contribution in [0.5, 0.6) is 0 Å². The fourth-order valence-corrected chi connectivity index (χ4v) is 4.08. The van der Waals surface area contributed by atoms with Gasteiger partial charge in [0.25, 0.3) is 0 Å². The molecule has 7 heteroatoms. The average molecular weight is 385 g/mol. The zero-order valence-corrected chi connectivity index (χ0v) is 17.3. The van der Waals surface area contributed by atoms with Crippen LogP contribution in [0, 0.1) is 13.8 Å². The van der Waals surface area contributed by atoms with Crippen molar-refractivity contribution in [1.82, 2.24) is 10.1 Å². The van der Waals surface area contributed by atoms with Gasteiger partial charge in [0.05, 0.1) is 18.3 Å². The topological polar surface area (TPSA) is 75.9 Å². The Morgan fingerprint density at radius 3 is 2.64 bits per heavy atom. The van der Waals surface area contributed by atoms with Crippen molar-refractivity contribution < 1.29 is 18.8 Å². The van der Waals surface area contributed by atoms with Crippen molar-refractivity contribution in [3.05, 3.63) is 35.2 Å². The maximum Gasteiger partial charge on any atom is 0.410 e. The molecule has 0 saturated carbocycles. The maximum atomic E-state index is 12.4. The van der Waals surface area contributed by atoms with E-state index in [1.807, 2.05) is 39.0 Å². The van der Waals surface area contributed by atoms with Gasteiger partial charge in [-0.25, -0.2) is 4.79 Å². The van der Waals surface area contributed by atoms with Gasteiger partial charge in [0.2, 0.25) is 5.91 Å². The summed E-state index contributed by atoms with van der Waals surface area (Å²) in [7, 11) is 1.74.